The molecule has 2 amide bonds. The molecule has 1 aromatic carbocycles. The zero-order valence-electron chi connectivity index (χ0n) is 12.0. The lowest BCUT2D eigenvalue weighted by Gasteiger charge is -2.19. The maximum Gasteiger partial charge on any atom is 0.321 e. The van der Waals surface area contributed by atoms with Gasteiger partial charge in [0.2, 0.25) is 0 Å². The summed E-state index contributed by atoms with van der Waals surface area (Å²) in [5.74, 6) is 0. The van der Waals surface area contributed by atoms with Gasteiger partial charge in [0.1, 0.15) is 0 Å². The predicted octanol–water partition coefficient (Wildman–Crippen LogP) is 1.56. The molecule has 0 radical (unpaired) electrons. The molecule has 0 atom stereocenters. The molecule has 0 spiro atoms. The average Bonchev–Trinajstić information content (AvgIpc) is 2.39. The Morgan fingerprint density at radius 3 is 2.32 bits per heavy atom. The third-order valence-electron chi connectivity index (χ3n) is 2.89. The molecule has 0 aromatic heterocycles. The van der Waals surface area contributed by atoms with Crippen molar-refractivity contribution < 1.29 is 4.79 Å². The molecule has 106 valence electrons. The van der Waals surface area contributed by atoms with Gasteiger partial charge in [-0.15, -0.1) is 0 Å². The van der Waals surface area contributed by atoms with Crippen LogP contribution in [0.4, 0.5) is 10.5 Å². The van der Waals surface area contributed by atoms with Gasteiger partial charge in [0, 0.05) is 25.8 Å². The fourth-order valence-electron chi connectivity index (χ4n) is 1.67. The van der Waals surface area contributed by atoms with Gasteiger partial charge in [-0.2, -0.15) is 0 Å². The molecule has 0 aliphatic carbocycles. The Morgan fingerprint density at radius 1 is 1.16 bits per heavy atom. The number of anilines is 1. The van der Waals surface area contributed by atoms with Crippen molar-refractivity contribution in [1.82, 2.24) is 9.80 Å². The van der Waals surface area contributed by atoms with Crippen molar-refractivity contribution in [3.63, 3.8) is 0 Å². The highest BCUT2D eigenvalue weighted by molar-refractivity contribution is 5.89. The fraction of sp³-hybridized carbons (Fsp3) is 0.500. The van der Waals surface area contributed by atoms with Gasteiger partial charge in [-0.3, -0.25) is 0 Å². The molecule has 0 heterocycles. The molecule has 19 heavy (non-hydrogen) atoms. The number of nitrogens with zero attached hydrogens (tertiary/aromatic N) is 2. The van der Waals surface area contributed by atoms with Crippen LogP contribution in [0, 0.1) is 0 Å². The summed E-state index contributed by atoms with van der Waals surface area (Å²) in [5.41, 5.74) is 7.38. The second kappa shape index (κ2) is 7.76. The van der Waals surface area contributed by atoms with Crippen molar-refractivity contribution in [3.05, 3.63) is 29.8 Å². The van der Waals surface area contributed by atoms with Crippen molar-refractivity contribution in [1.29, 1.82) is 0 Å². The van der Waals surface area contributed by atoms with Crippen molar-refractivity contribution in [3.8, 4) is 0 Å². The van der Waals surface area contributed by atoms with E-state index in [0.29, 0.717) is 6.54 Å². The number of hydrogen-bond donors (Lipinski definition) is 2. The van der Waals surface area contributed by atoms with Crippen molar-refractivity contribution in [2.75, 3.05) is 39.5 Å². The Hall–Kier alpha value is -1.59. The largest absolute Gasteiger partial charge is 0.328 e. The Balaban J connectivity index is 2.40. The highest BCUT2D eigenvalue weighted by Gasteiger charge is 2.08. The monoisotopic (exact) mass is 264 g/mol. The topological polar surface area (TPSA) is 61.6 Å². The van der Waals surface area contributed by atoms with E-state index in [2.05, 4.69) is 10.2 Å². The average molecular weight is 264 g/mol. The quantitative estimate of drug-likeness (QED) is 0.819. The Morgan fingerprint density at radius 2 is 1.79 bits per heavy atom. The van der Waals surface area contributed by atoms with Crippen LogP contribution >= 0.6 is 0 Å². The first-order valence-electron chi connectivity index (χ1n) is 6.48. The molecular formula is C14H24N4O. The number of carbonyl (C=O) groups excluding carboxylic acids is 1. The van der Waals surface area contributed by atoms with Gasteiger partial charge in [-0.05, 0) is 44.8 Å². The summed E-state index contributed by atoms with van der Waals surface area (Å²) in [6, 6.07) is 7.49. The molecule has 0 unspecified atom stereocenters. The number of rotatable bonds is 6. The number of nitrogens with one attached hydrogen (secondary N) is 1. The van der Waals surface area contributed by atoms with E-state index in [1.54, 1.807) is 11.9 Å². The van der Waals surface area contributed by atoms with E-state index in [1.807, 2.05) is 38.4 Å². The highest BCUT2D eigenvalue weighted by atomic mass is 16.2. The van der Waals surface area contributed by atoms with Gasteiger partial charge >= 0.3 is 6.03 Å². The Bertz CT molecular complexity index is 389. The molecule has 1 aromatic rings. The van der Waals surface area contributed by atoms with E-state index in [4.69, 9.17) is 5.73 Å². The minimum Gasteiger partial charge on any atom is -0.328 e. The molecule has 5 nitrogen and oxygen atoms in total. The summed E-state index contributed by atoms with van der Waals surface area (Å²) in [7, 11) is 5.86. The SMILES string of the molecule is CN(C)CCCN(C)C(=O)Nc1ccc(CN)cc1. The van der Waals surface area contributed by atoms with Crippen molar-refractivity contribution in [2.45, 2.75) is 13.0 Å². The number of hydrogen-bond acceptors (Lipinski definition) is 3. The number of nitrogens with two attached hydrogens (primary N) is 1. The minimum atomic E-state index is -0.0840. The minimum absolute atomic E-state index is 0.0840. The van der Waals surface area contributed by atoms with E-state index in [-0.39, 0.29) is 6.03 Å². The molecule has 0 aliphatic heterocycles. The fourth-order valence-corrected chi connectivity index (χ4v) is 1.67. The Kier molecular flexibility index (Phi) is 6.32. The van der Waals surface area contributed by atoms with Crippen molar-refractivity contribution >= 4 is 11.7 Å². The molecule has 5 heteroatoms. The molecule has 0 aliphatic rings. The second-order valence-electron chi connectivity index (χ2n) is 4.91. The molecule has 3 N–H and O–H groups in total. The van der Waals surface area contributed by atoms with Crippen LogP contribution in [0.2, 0.25) is 0 Å². The zero-order chi connectivity index (χ0) is 14.3. The normalized spacial score (nSPS) is 10.6. The summed E-state index contributed by atoms with van der Waals surface area (Å²) in [5, 5.41) is 2.86. The summed E-state index contributed by atoms with van der Waals surface area (Å²) in [4.78, 5) is 15.7. The molecule has 0 saturated heterocycles. The summed E-state index contributed by atoms with van der Waals surface area (Å²) >= 11 is 0. The lowest BCUT2D eigenvalue weighted by molar-refractivity contribution is 0.220. The summed E-state index contributed by atoms with van der Waals surface area (Å²) < 4.78 is 0. The standard InChI is InChI=1S/C14H24N4O/c1-17(2)9-4-10-18(3)14(19)16-13-7-5-12(11-15)6-8-13/h5-8H,4,9-11,15H2,1-3H3,(H,16,19). The van der Waals surface area contributed by atoms with E-state index in [0.717, 1.165) is 30.8 Å². The van der Waals surface area contributed by atoms with Crippen LogP contribution in [0.1, 0.15) is 12.0 Å². The first-order valence-corrected chi connectivity index (χ1v) is 6.48. The first-order chi connectivity index (χ1) is 9.02. The van der Waals surface area contributed by atoms with Crippen LogP contribution in [0.15, 0.2) is 24.3 Å². The van der Waals surface area contributed by atoms with Crippen molar-refractivity contribution in [2.24, 2.45) is 5.73 Å². The number of benzene rings is 1. The van der Waals surface area contributed by atoms with Crippen LogP contribution in [0.25, 0.3) is 0 Å². The second-order valence-corrected chi connectivity index (χ2v) is 4.91. The zero-order valence-corrected chi connectivity index (χ0v) is 12.0. The lowest BCUT2D eigenvalue weighted by atomic mass is 10.2. The van der Waals surface area contributed by atoms with Gasteiger partial charge in [0.05, 0.1) is 0 Å². The molecule has 0 saturated carbocycles. The molecule has 0 bridgehead atoms. The molecule has 0 fully saturated rings. The number of carbonyl (C=O) groups is 1. The van der Waals surface area contributed by atoms with Gasteiger partial charge < -0.3 is 20.9 Å². The molecule has 1 rings (SSSR count). The predicted molar refractivity (Wildman–Crippen MR) is 79.2 cm³/mol. The maximum atomic E-state index is 11.9. The summed E-state index contributed by atoms with van der Waals surface area (Å²) in [6.07, 6.45) is 0.961. The van der Waals surface area contributed by atoms with Crippen LogP contribution < -0.4 is 11.1 Å². The molecular weight excluding hydrogens is 240 g/mol. The van der Waals surface area contributed by atoms with Gasteiger partial charge in [0.15, 0.2) is 0 Å². The maximum absolute atomic E-state index is 11.9. The Labute approximate surface area is 115 Å². The van der Waals surface area contributed by atoms with Crippen LogP contribution in [0.3, 0.4) is 0 Å². The van der Waals surface area contributed by atoms with Gasteiger partial charge in [-0.1, -0.05) is 12.1 Å². The van der Waals surface area contributed by atoms with E-state index < -0.39 is 0 Å². The van der Waals surface area contributed by atoms with E-state index >= 15 is 0 Å². The van der Waals surface area contributed by atoms with Crippen LogP contribution in [0.5, 0.6) is 0 Å². The van der Waals surface area contributed by atoms with E-state index in [9.17, 15) is 4.79 Å². The third-order valence-corrected chi connectivity index (χ3v) is 2.89. The highest BCUT2D eigenvalue weighted by Crippen LogP contribution is 2.09. The lowest BCUT2D eigenvalue weighted by Crippen LogP contribution is -2.33. The smallest absolute Gasteiger partial charge is 0.321 e. The van der Waals surface area contributed by atoms with Crippen LogP contribution in [-0.2, 0) is 6.54 Å². The first kappa shape index (κ1) is 15.5. The number of amides is 2. The van der Waals surface area contributed by atoms with Gasteiger partial charge in [0.25, 0.3) is 0 Å². The van der Waals surface area contributed by atoms with Crippen LogP contribution in [-0.4, -0.2) is 50.1 Å². The number of urea groups is 1. The summed E-state index contributed by atoms with van der Waals surface area (Å²) in [6.45, 7) is 2.23. The third kappa shape index (κ3) is 5.72. The van der Waals surface area contributed by atoms with Gasteiger partial charge in [-0.25, -0.2) is 4.79 Å². The van der Waals surface area contributed by atoms with E-state index in [1.165, 1.54) is 0 Å².